The SMILES string of the molecule is CCOCCCNC(N)=NCC(OC)c1ccccc1. The van der Waals surface area contributed by atoms with Gasteiger partial charge in [-0.25, -0.2) is 0 Å². The van der Waals surface area contributed by atoms with Gasteiger partial charge in [0.2, 0.25) is 0 Å². The number of aliphatic imine (C=N–C) groups is 1. The van der Waals surface area contributed by atoms with Gasteiger partial charge < -0.3 is 20.5 Å². The Morgan fingerprint density at radius 3 is 2.75 bits per heavy atom. The minimum absolute atomic E-state index is 0.0695. The van der Waals surface area contributed by atoms with E-state index in [0.717, 1.165) is 31.7 Å². The van der Waals surface area contributed by atoms with Crippen LogP contribution in [-0.2, 0) is 9.47 Å². The summed E-state index contributed by atoms with van der Waals surface area (Å²) in [5.41, 5.74) is 6.91. The molecule has 0 heterocycles. The van der Waals surface area contributed by atoms with Crippen LogP contribution >= 0.6 is 0 Å². The van der Waals surface area contributed by atoms with E-state index in [1.807, 2.05) is 37.3 Å². The number of guanidine groups is 1. The van der Waals surface area contributed by atoms with Crippen LogP contribution in [0.3, 0.4) is 0 Å². The summed E-state index contributed by atoms with van der Waals surface area (Å²) in [5, 5.41) is 3.06. The molecule has 1 aromatic carbocycles. The van der Waals surface area contributed by atoms with Gasteiger partial charge in [-0.15, -0.1) is 0 Å². The molecule has 1 aromatic rings. The number of hydrogen-bond acceptors (Lipinski definition) is 3. The fourth-order valence-corrected chi connectivity index (χ4v) is 1.76. The van der Waals surface area contributed by atoms with Gasteiger partial charge >= 0.3 is 0 Å². The fourth-order valence-electron chi connectivity index (χ4n) is 1.76. The van der Waals surface area contributed by atoms with E-state index < -0.39 is 0 Å². The molecule has 1 rings (SSSR count). The van der Waals surface area contributed by atoms with E-state index in [1.165, 1.54) is 0 Å². The summed E-state index contributed by atoms with van der Waals surface area (Å²) in [4.78, 5) is 4.31. The second kappa shape index (κ2) is 10.2. The average molecular weight is 279 g/mol. The molecule has 1 atom stereocenters. The Hall–Kier alpha value is -1.59. The number of ether oxygens (including phenoxy) is 2. The summed E-state index contributed by atoms with van der Waals surface area (Å²) in [7, 11) is 1.68. The topological polar surface area (TPSA) is 68.9 Å². The molecule has 0 aliphatic heterocycles. The maximum atomic E-state index is 5.81. The van der Waals surface area contributed by atoms with Gasteiger partial charge in [0.05, 0.1) is 6.54 Å². The lowest BCUT2D eigenvalue weighted by Crippen LogP contribution is -2.33. The Morgan fingerprint density at radius 1 is 1.35 bits per heavy atom. The van der Waals surface area contributed by atoms with Crippen LogP contribution < -0.4 is 11.1 Å². The van der Waals surface area contributed by atoms with Gasteiger partial charge in [-0.2, -0.15) is 0 Å². The van der Waals surface area contributed by atoms with Crippen LogP contribution in [0.1, 0.15) is 25.0 Å². The molecule has 0 spiro atoms. The monoisotopic (exact) mass is 279 g/mol. The van der Waals surface area contributed by atoms with E-state index in [9.17, 15) is 0 Å². The van der Waals surface area contributed by atoms with Crippen molar-refractivity contribution in [2.75, 3.05) is 33.4 Å². The van der Waals surface area contributed by atoms with E-state index in [4.69, 9.17) is 15.2 Å². The van der Waals surface area contributed by atoms with E-state index in [2.05, 4.69) is 10.3 Å². The van der Waals surface area contributed by atoms with E-state index in [1.54, 1.807) is 7.11 Å². The Labute approximate surface area is 121 Å². The number of methoxy groups -OCH3 is 1. The van der Waals surface area contributed by atoms with Crippen molar-refractivity contribution in [1.29, 1.82) is 0 Å². The van der Waals surface area contributed by atoms with E-state index in [0.29, 0.717) is 12.5 Å². The van der Waals surface area contributed by atoms with Crippen molar-refractivity contribution in [2.24, 2.45) is 10.7 Å². The van der Waals surface area contributed by atoms with Crippen LogP contribution in [0.4, 0.5) is 0 Å². The lowest BCUT2D eigenvalue weighted by molar-refractivity contribution is 0.111. The van der Waals surface area contributed by atoms with Crippen molar-refractivity contribution in [2.45, 2.75) is 19.4 Å². The van der Waals surface area contributed by atoms with Crippen LogP contribution in [0, 0.1) is 0 Å². The highest BCUT2D eigenvalue weighted by Crippen LogP contribution is 2.15. The normalized spacial score (nSPS) is 13.2. The summed E-state index contributed by atoms with van der Waals surface area (Å²) in [6.45, 7) is 4.73. The van der Waals surface area contributed by atoms with Crippen molar-refractivity contribution in [1.82, 2.24) is 5.32 Å². The summed E-state index contributed by atoms with van der Waals surface area (Å²) in [6.07, 6.45) is 0.844. The summed E-state index contributed by atoms with van der Waals surface area (Å²) in [5.74, 6) is 0.444. The van der Waals surface area contributed by atoms with Crippen LogP contribution in [0.5, 0.6) is 0 Å². The highest BCUT2D eigenvalue weighted by molar-refractivity contribution is 5.77. The highest BCUT2D eigenvalue weighted by Gasteiger charge is 2.08. The number of nitrogens with zero attached hydrogens (tertiary/aromatic N) is 1. The van der Waals surface area contributed by atoms with Crippen LogP contribution in [0.25, 0.3) is 0 Å². The Balaban J connectivity index is 2.33. The average Bonchev–Trinajstić information content (AvgIpc) is 2.49. The summed E-state index contributed by atoms with van der Waals surface area (Å²) >= 11 is 0. The number of nitrogens with one attached hydrogen (secondary N) is 1. The van der Waals surface area contributed by atoms with Crippen LogP contribution in [-0.4, -0.2) is 39.4 Å². The minimum atomic E-state index is -0.0695. The lowest BCUT2D eigenvalue weighted by atomic mass is 10.1. The molecular formula is C15H25N3O2. The van der Waals surface area contributed by atoms with E-state index in [-0.39, 0.29) is 6.10 Å². The zero-order valence-electron chi connectivity index (χ0n) is 12.3. The van der Waals surface area contributed by atoms with E-state index >= 15 is 0 Å². The van der Waals surface area contributed by atoms with Crippen molar-refractivity contribution in [3.05, 3.63) is 35.9 Å². The minimum Gasteiger partial charge on any atom is -0.382 e. The molecule has 0 aliphatic carbocycles. The molecule has 20 heavy (non-hydrogen) atoms. The van der Waals surface area contributed by atoms with Gasteiger partial charge in [0.25, 0.3) is 0 Å². The van der Waals surface area contributed by atoms with Crippen molar-refractivity contribution in [3.63, 3.8) is 0 Å². The Bertz CT molecular complexity index is 382. The largest absolute Gasteiger partial charge is 0.382 e. The Kier molecular flexibility index (Phi) is 8.42. The first-order valence-corrected chi connectivity index (χ1v) is 6.97. The molecule has 5 nitrogen and oxygen atoms in total. The van der Waals surface area contributed by atoms with Crippen molar-refractivity contribution in [3.8, 4) is 0 Å². The molecule has 0 saturated heterocycles. The number of hydrogen-bond donors (Lipinski definition) is 2. The zero-order chi connectivity index (χ0) is 14.6. The lowest BCUT2D eigenvalue weighted by Gasteiger charge is -2.14. The first-order valence-electron chi connectivity index (χ1n) is 6.97. The van der Waals surface area contributed by atoms with Gasteiger partial charge in [0.15, 0.2) is 5.96 Å². The standard InChI is InChI=1S/C15H25N3O2/c1-3-20-11-7-10-17-15(16)18-12-14(19-2)13-8-5-4-6-9-13/h4-6,8-9,14H,3,7,10-12H2,1-2H3,(H3,16,17,18). The van der Waals surface area contributed by atoms with Crippen molar-refractivity contribution >= 4 is 5.96 Å². The van der Waals surface area contributed by atoms with Crippen molar-refractivity contribution < 1.29 is 9.47 Å². The van der Waals surface area contributed by atoms with Gasteiger partial charge in [-0.05, 0) is 18.9 Å². The second-order valence-electron chi connectivity index (χ2n) is 4.34. The highest BCUT2D eigenvalue weighted by atomic mass is 16.5. The predicted molar refractivity (Wildman–Crippen MR) is 81.8 cm³/mol. The first kappa shape index (κ1) is 16.5. The molecule has 0 fully saturated rings. The molecule has 0 amide bonds. The summed E-state index contributed by atoms with van der Waals surface area (Å²) in [6, 6.07) is 10.00. The molecule has 112 valence electrons. The van der Waals surface area contributed by atoms with Gasteiger partial charge in [-0.3, -0.25) is 4.99 Å². The molecule has 0 radical (unpaired) electrons. The maximum absolute atomic E-state index is 5.81. The summed E-state index contributed by atoms with van der Waals surface area (Å²) < 4.78 is 10.7. The van der Waals surface area contributed by atoms with Gasteiger partial charge in [-0.1, -0.05) is 30.3 Å². The molecule has 5 heteroatoms. The number of rotatable bonds is 9. The molecule has 0 saturated carbocycles. The number of benzene rings is 1. The molecule has 0 bridgehead atoms. The predicted octanol–water partition coefficient (Wildman–Crippen LogP) is 1.71. The third-order valence-electron chi connectivity index (χ3n) is 2.86. The van der Waals surface area contributed by atoms with Gasteiger partial charge in [0, 0.05) is 26.9 Å². The molecule has 1 unspecified atom stereocenters. The first-order chi connectivity index (χ1) is 9.77. The Morgan fingerprint density at radius 2 is 2.10 bits per heavy atom. The third-order valence-corrected chi connectivity index (χ3v) is 2.86. The second-order valence-corrected chi connectivity index (χ2v) is 4.34. The quantitative estimate of drug-likeness (QED) is 0.410. The zero-order valence-corrected chi connectivity index (χ0v) is 12.3. The fraction of sp³-hybridized carbons (Fsp3) is 0.533. The van der Waals surface area contributed by atoms with Crippen LogP contribution in [0.2, 0.25) is 0 Å². The van der Waals surface area contributed by atoms with Crippen LogP contribution in [0.15, 0.2) is 35.3 Å². The molecular weight excluding hydrogens is 254 g/mol. The molecule has 3 N–H and O–H groups in total. The number of nitrogens with two attached hydrogens (primary N) is 1. The smallest absolute Gasteiger partial charge is 0.188 e. The maximum Gasteiger partial charge on any atom is 0.188 e. The van der Waals surface area contributed by atoms with Gasteiger partial charge in [0.1, 0.15) is 6.10 Å². The molecule has 0 aliphatic rings. The molecule has 0 aromatic heterocycles. The third kappa shape index (κ3) is 6.54.